The lowest BCUT2D eigenvalue weighted by atomic mass is 9.99. The monoisotopic (exact) mass is 361 g/mol. The Morgan fingerprint density at radius 3 is 2.58 bits per heavy atom. The molecule has 2 aliphatic heterocycles. The Labute approximate surface area is 152 Å². The van der Waals surface area contributed by atoms with Gasteiger partial charge in [0.05, 0.1) is 0 Å². The summed E-state index contributed by atoms with van der Waals surface area (Å²) in [6.45, 7) is 6.68. The number of piperidine rings is 1. The van der Waals surface area contributed by atoms with E-state index in [0.29, 0.717) is 18.2 Å². The Hall–Kier alpha value is -2.21. The van der Waals surface area contributed by atoms with Crippen LogP contribution in [-0.4, -0.2) is 35.2 Å². The average molecular weight is 361 g/mol. The summed E-state index contributed by atoms with van der Waals surface area (Å²) in [6, 6.07) is 4.76. The van der Waals surface area contributed by atoms with E-state index in [1.54, 1.807) is 6.07 Å². The minimum Gasteiger partial charge on any atom is -0.419 e. The van der Waals surface area contributed by atoms with Crippen LogP contribution in [0.25, 0.3) is 6.08 Å². The fourth-order valence-corrected chi connectivity index (χ4v) is 3.40. The maximum atomic E-state index is 13.8. The molecule has 0 spiro atoms. The molecule has 0 aromatic heterocycles. The van der Waals surface area contributed by atoms with Gasteiger partial charge in [0, 0.05) is 26.4 Å². The Balaban J connectivity index is 1.90. The Morgan fingerprint density at radius 1 is 1.23 bits per heavy atom. The number of nitrogens with zero attached hydrogens (tertiary/aromatic N) is 1. The highest BCUT2D eigenvalue weighted by Crippen LogP contribution is 2.27. The zero-order valence-electron chi connectivity index (χ0n) is 15.4. The topological polar surface area (TPSA) is 55.8 Å². The van der Waals surface area contributed by atoms with Gasteiger partial charge in [-0.2, -0.15) is 0 Å². The van der Waals surface area contributed by atoms with Gasteiger partial charge in [-0.05, 0) is 55.6 Å². The highest BCUT2D eigenvalue weighted by atomic mass is 19.1. The summed E-state index contributed by atoms with van der Waals surface area (Å²) in [7, 11) is 0. The molecule has 140 valence electrons. The minimum atomic E-state index is -1.28. The molecule has 26 heavy (non-hydrogen) atoms. The fraction of sp³-hybridized carbons (Fsp3) is 0.500. The highest BCUT2D eigenvalue weighted by Gasteiger charge is 2.39. The number of hydrogen-bond donors (Lipinski definition) is 0. The van der Waals surface area contributed by atoms with Gasteiger partial charge in [0.1, 0.15) is 11.4 Å². The van der Waals surface area contributed by atoms with Gasteiger partial charge in [-0.15, -0.1) is 0 Å². The summed E-state index contributed by atoms with van der Waals surface area (Å²) >= 11 is 0. The number of benzene rings is 1. The largest absolute Gasteiger partial charge is 0.419 e. The molecule has 0 amide bonds. The summed E-state index contributed by atoms with van der Waals surface area (Å²) in [5.41, 5.74) is 1.17. The van der Waals surface area contributed by atoms with Gasteiger partial charge in [-0.25, -0.2) is 14.0 Å². The number of esters is 2. The van der Waals surface area contributed by atoms with Crippen molar-refractivity contribution < 1.29 is 23.5 Å². The third kappa shape index (κ3) is 4.12. The molecule has 1 unspecified atom stereocenters. The van der Waals surface area contributed by atoms with E-state index in [2.05, 4.69) is 11.8 Å². The first-order chi connectivity index (χ1) is 12.2. The van der Waals surface area contributed by atoms with Crippen LogP contribution in [0.4, 0.5) is 4.39 Å². The summed E-state index contributed by atoms with van der Waals surface area (Å²) in [4.78, 5) is 26.6. The predicted octanol–water partition coefficient (Wildman–Crippen LogP) is 3.42. The molecule has 1 atom stereocenters. The number of likely N-dealkylation sites (tertiary alicyclic amines) is 1. The number of hydrogen-bond acceptors (Lipinski definition) is 5. The van der Waals surface area contributed by atoms with Gasteiger partial charge in [0.15, 0.2) is 0 Å². The van der Waals surface area contributed by atoms with Crippen LogP contribution in [0.1, 0.15) is 51.2 Å². The molecule has 2 heterocycles. The third-order valence-electron chi connectivity index (χ3n) is 4.84. The van der Waals surface area contributed by atoms with E-state index in [1.165, 1.54) is 38.5 Å². The van der Waals surface area contributed by atoms with Crippen molar-refractivity contribution in [1.29, 1.82) is 0 Å². The molecular formula is C20H24FNO4. The second-order valence-electron chi connectivity index (χ2n) is 7.40. The zero-order valence-corrected chi connectivity index (χ0v) is 15.4. The molecule has 2 saturated heterocycles. The van der Waals surface area contributed by atoms with Crippen LogP contribution in [0, 0.1) is 5.82 Å². The van der Waals surface area contributed by atoms with Crippen molar-refractivity contribution in [1.82, 2.24) is 4.90 Å². The van der Waals surface area contributed by atoms with Crippen LogP contribution in [0.15, 0.2) is 23.8 Å². The maximum Gasteiger partial charge on any atom is 0.348 e. The average Bonchev–Trinajstić information content (AvgIpc) is 2.54. The predicted molar refractivity (Wildman–Crippen MR) is 94.4 cm³/mol. The quantitative estimate of drug-likeness (QED) is 0.469. The molecule has 0 saturated carbocycles. The van der Waals surface area contributed by atoms with E-state index < -0.39 is 17.7 Å². The van der Waals surface area contributed by atoms with Crippen molar-refractivity contribution in [2.24, 2.45) is 0 Å². The minimum absolute atomic E-state index is 0.177. The molecular weight excluding hydrogens is 337 g/mol. The maximum absolute atomic E-state index is 13.8. The van der Waals surface area contributed by atoms with Crippen molar-refractivity contribution in [3.63, 3.8) is 0 Å². The lowest BCUT2D eigenvalue weighted by Crippen LogP contribution is -2.41. The van der Waals surface area contributed by atoms with E-state index in [4.69, 9.17) is 9.47 Å². The number of carbonyl (C=O) groups excluding carboxylic acids is 2. The Bertz CT molecular complexity index is 734. The lowest BCUT2D eigenvalue weighted by molar-refractivity contribution is -0.222. The van der Waals surface area contributed by atoms with Crippen LogP contribution < -0.4 is 0 Å². The number of carbonyl (C=O) groups is 2. The van der Waals surface area contributed by atoms with Crippen molar-refractivity contribution >= 4 is 18.0 Å². The number of ether oxygens (including phenoxy) is 2. The van der Waals surface area contributed by atoms with Crippen LogP contribution in [0.3, 0.4) is 0 Å². The second-order valence-corrected chi connectivity index (χ2v) is 7.40. The highest BCUT2D eigenvalue weighted by molar-refractivity contribution is 6.18. The molecule has 5 nitrogen and oxygen atoms in total. The van der Waals surface area contributed by atoms with E-state index in [1.807, 2.05) is 0 Å². The zero-order chi connectivity index (χ0) is 18.9. The number of cyclic esters (lactones) is 2. The van der Waals surface area contributed by atoms with Crippen LogP contribution in [0.5, 0.6) is 0 Å². The van der Waals surface area contributed by atoms with E-state index in [0.717, 1.165) is 24.9 Å². The SMILES string of the molecule is CC1CCCCN1Cc1cc(F)ccc1C=C1C(=O)OC(C)(C)OC1=O. The summed E-state index contributed by atoms with van der Waals surface area (Å²) in [6.07, 6.45) is 4.86. The van der Waals surface area contributed by atoms with Gasteiger partial charge in [-0.1, -0.05) is 12.5 Å². The molecule has 1 aromatic rings. The number of halogens is 1. The van der Waals surface area contributed by atoms with Crippen LogP contribution in [0.2, 0.25) is 0 Å². The molecule has 0 bridgehead atoms. The van der Waals surface area contributed by atoms with Gasteiger partial charge in [0.2, 0.25) is 0 Å². The van der Waals surface area contributed by atoms with Gasteiger partial charge < -0.3 is 9.47 Å². The van der Waals surface area contributed by atoms with Gasteiger partial charge in [0.25, 0.3) is 5.79 Å². The molecule has 0 N–H and O–H groups in total. The van der Waals surface area contributed by atoms with E-state index in [9.17, 15) is 14.0 Å². The summed E-state index contributed by atoms with van der Waals surface area (Å²) < 4.78 is 24.1. The third-order valence-corrected chi connectivity index (χ3v) is 4.84. The van der Waals surface area contributed by atoms with E-state index >= 15 is 0 Å². The first-order valence-corrected chi connectivity index (χ1v) is 8.96. The molecule has 2 fully saturated rings. The van der Waals surface area contributed by atoms with Gasteiger partial charge in [-0.3, -0.25) is 4.90 Å². The Morgan fingerprint density at radius 2 is 1.92 bits per heavy atom. The van der Waals surface area contributed by atoms with Gasteiger partial charge >= 0.3 is 11.9 Å². The number of rotatable bonds is 3. The Kier molecular flexibility index (Phi) is 5.14. The molecule has 0 radical (unpaired) electrons. The normalized spacial score (nSPS) is 23.4. The first-order valence-electron chi connectivity index (χ1n) is 8.96. The van der Waals surface area contributed by atoms with Crippen LogP contribution in [-0.2, 0) is 25.6 Å². The molecule has 6 heteroatoms. The van der Waals surface area contributed by atoms with E-state index in [-0.39, 0.29) is 11.4 Å². The lowest BCUT2D eigenvalue weighted by Gasteiger charge is -2.33. The molecule has 0 aliphatic carbocycles. The summed E-state index contributed by atoms with van der Waals surface area (Å²) in [5, 5.41) is 0. The van der Waals surface area contributed by atoms with Crippen molar-refractivity contribution in [2.75, 3.05) is 6.54 Å². The van der Waals surface area contributed by atoms with Crippen molar-refractivity contribution in [2.45, 2.75) is 58.4 Å². The fourth-order valence-electron chi connectivity index (χ4n) is 3.40. The molecule has 3 rings (SSSR count). The van der Waals surface area contributed by atoms with Crippen molar-refractivity contribution in [3.05, 3.63) is 40.7 Å². The smallest absolute Gasteiger partial charge is 0.348 e. The second kappa shape index (κ2) is 7.19. The van der Waals surface area contributed by atoms with Crippen LogP contribution >= 0.6 is 0 Å². The van der Waals surface area contributed by atoms with Crippen molar-refractivity contribution in [3.8, 4) is 0 Å². The standard InChI is InChI=1S/C20H24FNO4/c1-13-6-4-5-9-22(13)12-15-10-16(21)8-7-14(15)11-17-18(23)25-20(2,3)26-19(17)24/h7-8,10-11,13H,4-6,9,12H2,1-3H3. The first kappa shape index (κ1) is 18.6. The molecule has 1 aromatic carbocycles. The summed E-state index contributed by atoms with van der Waals surface area (Å²) in [5.74, 6) is -3.08. The molecule has 2 aliphatic rings.